The molecule has 19 heavy (non-hydrogen) atoms. The molecule has 2 aliphatic rings. The van der Waals surface area contributed by atoms with E-state index < -0.39 is 0 Å². The normalized spacial score (nSPS) is 24.0. The summed E-state index contributed by atoms with van der Waals surface area (Å²) in [6.45, 7) is 10.3. The van der Waals surface area contributed by atoms with Gasteiger partial charge < -0.3 is 5.32 Å². The molecule has 0 radical (unpaired) electrons. The smallest absolute Gasteiger partial charge is 0.156 e. The average molecular weight is 302 g/mol. The van der Waals surface area contributed by atoms with E-state index in [9.17, 15) is 0 Å². The first-order chi connectivity index (χ1) is 9.28. The molecule has 0 amide bonds. The molecule has 0 unspecified atom stereocenters. The van der Waals surface area contributed by atoms with Crippen LogP contribution >= 0.6 is 23.5 Å². The van der Waals surface area contributed by atoms with Gasteiger partial charge in [-0.3, -0.25) is 9.89 Å². The molecule has 5 heteroatoms. The van der Waals surface area contributed by atoms with Crippen LogP contribution in [0.25, 0.3) is 0 Å². The van der Waals surface area contributed by atoms with Crippen molar-refractivity contribution in [3.63, 3.8) is 0 Å². The molecule has 0 aromatic heterocycles. The van der Waals surface area contributed by atoms with E-state index in [-0.39, 0.29) is 0 Å². The Bertz CT molecular complexity index is 297. The lowest BCUT2D eigenvalue weighted by Gasteiger charge is -2.33. The summed E-state index contributed by atoms with van der Waals surface area (Å²) in [7, 11) is 0. The van der Waals surface area contributed by atoms with Gasteiger partial charge in [-0.2, -0.15) is 11.8 Å². The molecule has 0 spiro atoms. The van der Waals surface area contributed by atoms with Crippen molar-refractivity contribution in [2.75, 3.05) is 50.0 Å². The third-order valence-electron chi connectivity index (χ3n) is 4.38. The van der Waals surface area contributed by atoms with Crippen LogP contribution in [0.5, 0.6) is 0 Å². The summed E-state index contributed by atoms with van der Waals surface area (Å²) in [5.74, 6) is 3.82. The molecule has 0 aliphatic carbocycles. The standard InChI is InChI=1S/C14H27N3S2/c1-3-14(4-2)11-16-13(19-12-14)15-5-6-17-7-9-18-10-8-17/h3-12H2,1-2H3,(H,15,16). The van der Waals surface area contributed by atoms with E-state index in [0.29, 0.717) is 5.41 Å². The first-order valence-corrected chi connectivity index (χ1v) is 9.63. The van der Waals surface area contributed by atoms with Gasteiger partial charge >= 0.3 is 0 Å². The van der Waals surface area contributed by atoms with Crippen molar-refractivity contribution in [3.8, 4) is 0 Å². The molecule has 2 aliphatic heterocycles. The van der Waals surface area contributed by atoms with Gasteiger partial charge in [-0.1, -0.05) is 25.6 Å². The fourth-order valence-corrected chi connectivity index (χ4v) is 4.76. The van der Waals surface area contributed by atoms with Crippen LogP contribution in [-0.2, 0) is 0 Å². The number of aliphatic imine (C=N–C) groups is 1. The summed E-state index contributed by atoms with van der Waals surface area (Å²) < 4.78 is 0. The van der Waals surface area contributed by atoms with Crippen LogP contribution in [0.15, 0.2) is 4.99 Å². The van der Waals surface area contributed by atoms with E-state index in [2.05, 4.69) is 35.8 Å². The molecule has 3 nitrogen and oxygen atoms in total. The van der Waals surface area contributed by atoms with Gasteiger partial charge in [0.25, 0.3) is 0 Å². The predicted molar refractivity (Wildman–Crippen MR) is 89.5 cm³/mol. The van der Waals surface area contributed by atoms with Gasteiger partial charge in [0, 0.05) is 50.0 Å². The lowest BCUT2D eigenvalue weighted by atomic mass is 9.84. The van der Waals surface area contributed by atoms with Crippen LogP contribution in [0.3, 0.4) is 0 Å². The van der Waals surface area contributed by atoms with Crippen LogP contribution < -0.4 is 5.32 Å². The molecule has 0 aromatic carbocycles. The van der Waals surface area contributed by atoms with Crippen LogP contribution in [0, 0.1) is 5.41 Å². The van der Waals surface area contributed by atoms with Crippen molar-refractivity contribution >= 4 is 28.7 Å². The van der Waals surface area contributed by atoms with E-state index >= 15 is 0 Å². The van der Waals surface area contributed by atoms with Crippen molar-refractivity contribution in [2.45, 2.75) is 26.7 Å². The van der Waals surface area contributed by atoms with Crippen molar-refractivity contribution in [1.82, 2.24) is 10.2 Å². The maximum atomic E-state index is 4.75. The van der Waals surface area contributed by atoms with Crippen LogP contribution in [0.2, 0.25) is 0 Å². The third-order valence-corrected chi connectivity index (χ3v) is 6.63. The zero-order valence-electron chi connectivity index (χ0n) is 12.3. The van der Waals surface area contributed by atoms with Gasteiger partial charge in [-0.25, -0.2) is 0 Å². The minimum absolute atomic E-state index is 0.458. The second kappa shape index (κ2) is 7.79. The van der Waals surface area contributed by atoms with E-state index in [0.717, 1.165) is 19.6 Å². The van der Waals surface area contributed by atoms with Crippen molar-refractivity contribution in [2.24, 2.45) is 10.4 Å². The van der Waals surface area contributed by atoms with E-state index in [1.807, 2.05) is 11.8 Å². The van der Waals surface area contributed by atoms with Gasteiger partial charge in [0.1, 0.15) is 0 Å². The highest BCUT2D eigenvalue weighted by atomic mass is 32.2. The minimum Gasteiger partial charge on any atom is -0.364 e. The second-order valence-corrected chi connectivity index (χ2v) is 7.69. The molecule has 2 rings (SSSR count). The Hall–Kier alpha value is 0.130. The van der Waals surface area contributed by atoms with Gasteiger partial charge in [-0.05, 0) is 18.3 Å². The van der Waals surface area contributed by atoms with Crippen molar-refractivity contribution < 1.29 is 0 Å². The zero-order chi connectivity index (χ0) is 13.6. The highest BCUT2D eigenvalue weighted by Gasteiger charge is 2.29. The second-order valence-electron chi connectivity index (χ2n) is 5.50. The molecule has 1 saturated heterocycles. The monoisotopic (exact) mass is 301 g/mol. The summed E-state index contributed by atoms with van der Waals surface area (Å²) in [4.78, 5) is 7.31. The average Bonchev–Trinajstić information content (AvgIpc) is 2.49. The number of nitrogens with zero attached hydrogens (tertiary/aromatic N) is 2. The van der Waals surface area contributed by atoms with Crippen LogP contribution in [0.1, 0.15) is 26.7 Å². The largest absolute Gasteiger partial charge is 0.364 e. The lowest BCUT2D eigenvalue weighted by Crippen LogP contribution is -2.40. The lowest BCUT2D eigenvalue weighted by molar-refractivity contribution is 0.306. The maximum Gasteiger partial charge on any atom is 0.156 e. The van der Waals surface area contributed by atoms with E-state index in [1.165, 1.54) is 48.4 Å². The number of amidine groups is 1. The number of nitrogens with one attached hydrogen (secondary N) is 1. The number of hydrogen-bond acceptors (Lipinski definition) is 5. The first kappa shape index (κ1) is 15.5. The third kappa shape index (κ3) is 4.57. The Morgan fingerprint density at radius 2 is 2.00 bits per heavy atom. The summed E-state index contributed by atoms with van der Waals surface area (Å²) in [5.41, 5.74) is 0.458. The summed E-state index contributed by atoms with van der Waals surface area (Å²) in [5, 5.41) is 4.69. The fourth-order valence-electron chi connectivity index (χ4n) is 2.48. The highest BCUT2D eigenvalue weighted by Crippen LogP contribution is 2.34. The summed E-state index contributed by atoms with van der Waals surface area (Å²) >= 11 is 4.00. The number of thioether (sulfide) groups is 2. The minimum atomic E-state index is 0.458. The van der Waals surface area contributed by atoms with Gasteiger partial charge in [-0.15, -0.1) is 0 Å². The first-order valence-electron chi connectivity index (χ1n) is 7.49. The summed E-state index contributed by atoms with van der Waals surface area (Å²) in [6.07, 6.45) is 2.50. The number of rotatable bonds is 5. The SMILES string of the molecule is CCC1(CC)CN=C(NCCN2CCSCC2)SC1. The van der Waals surface area contributed by atoms with Crippen LogP contribution in [-0.4, -0.2) is 60.0 Å². The molecular formula is C14H27N3S2. The Morgan fingerprint density at radius 1 is 1.26 bits per heavy atom. The van der Waals surface area contributed by atoms with Crippen molar-refractivity contribution in [1.29, 1.82) is 0 Å². The Morgan fingerprint density at radius 3 is 2.58 bits per heavy atom. The topological polar surface area (TPSA) is 27.6 Å². The molecule has 0 saturated carbocycles. The van der Waals surface area contributed by atoms with Gasteiger partial charge in [0.05, 0.1) is 0 Å². The molecular weight excluding hydrogens is 274 g/mol. The molecule has 1 N–H and O–H groups in total. The molecule has 1 fully saturated rings. The van der Waals surface area contributed by atoms with Crippen LogP contribution in [0.4, 0.5) is 0 Å². The Labute approximate surface area is 126 Å². The molecule has 0 atom stereocenters. The Balaban J connectivity index is 1.68. The van der Waals surface area contributed by atoms with Crippen molar-refractivity contribution in [3.05, 3.63) is 0 Å². The van der Waals surface area contributed by atoms with Gasteiger partial charge in [0.15, 0.2) is 5.17 Å². The molecule has 0 aromatic rings. The fraction of sp³-hybridized carbons (Fsp3) is 0.929. The Kier molecular flexibility index (Phi) is 6.36. The predicted octanol–water partition coefficient (Wildman–Crippen LogP) is 2.53. The zero-order valence-corrected chi connectivity index (χ0v) is 13.9. The van der Waals surface area contributed by atoms with E-state index in [4.69, 9.17) is 4.99 Å². The van der Waals surface area contributed by atoms with Gasteiger partial charge in [0.2, 0.25) is 0 Å². The highest BCUT2D eigenvalue weighted by molar-refractivity contribution is 8.13. The maximum absolute atomic E-state index is 4.75. The quantitative estimate of drug-likeness (QED) is 0.844. The van der Waals surface area contributed by atoms with E-state index in [1.54, 1.807) is 0 Å². The summed E-state index contributed by atoms with van der Waals surface area (Å²) in [6, 6.07) is 0. The molecule has 110 valence electrons. The number of hydrogen-bond donors (Lipinski definition) is 1. The molecule has 0 bridgehead atoms. The molecule has 2 heterocycles.